The third-order valence-electron chi connectivity index (χ3n) is 5.67. The number of nitrogens with one attached hydrogen (secondary N) is 2. The molecule has 1 aromatic heterocycles. The second-order valence-corrected chi connectivity index (χ2v) is 9.74. The predicted molar refractivity (Wildman–Crippen MR) is 122 cm³/mol. The molecule has 0 spiro atoms. The summed E-state index contributed by atoms with van der Waals surface area (Å²) in [5, 5.41) is 16.3. The lowest BCUT2D eigenvalue weighted by Gasteiger charge is -2.14. The van der Waals surface area contributed by atoms with Crippen LogP contribution in [0.2, 0.25) is 0 Å². The Balaban J connectivity index is 1.47. The maximum absolute atomic E-state index is 12.8. The molecule has 10 heteroatoms. The zero-order valence-electron chi connectivity index (χ0n) is 18.2. The first-order chi connectivity index (χ1) is 15.7. The molecule has 9 nitrogen and oxygen atoms in total. The highest BCUT2D eigenvalue weighted by Gasteiger charge is 2.28. The van der Waals surface area contributed by atoms with E-state index < -0.39 is 16.0 Å². The van der Waals surface area contributed by atoms with Crippen LogP contribution in [-0.4, -0.2) is 35.2 Å². The SMILES string of the molecule is Cc1c(CNC(=O)c2cc(C3CC3)nn2C)cccc1NS(=O)(=O)c1ccc(C(=O)O)cc1. The van der Waals surface area contributed by atoms with Gasteiger partial charge in [-0.2, -0.15) is 5.10 Å². The van der Waals surface area contributed by atoms with E-state index >= 15 is 0 Å². The highest BCUT2D eigenvalue weighted by molar-refractivity contribution is 7.92. The minimum atomic E-state index is -3.92. The van der Waals surface area contributed by atoms with Crippen LogP contribution in [0, 0.1) is 6.92 Å². The number of carbonyl (C=O) groups is 2. The van der Waals surface area contributed by atoms with Crippen LogP contribution in [0.25, 0.3) is 0 Å². The number of sulfonamides is 1. The lowest BCUT2D eigenvalue weighted by molar-refractivity contribution is 0.0696. The van der Waals surface area contributed by atoms with Gasteiger partial charge in [0.15, 0.2) is 0 Å². The molecule has 1 saturated carbocycles. The van der Waals surface area contributed by atoms with E-state index in [9.17, 15) is 18.0 Å². The number of carbonyl (C=O) groups excluding carboxylic acids is 1. The smallest absolute Gasteiger partial charge is 0.335 e. The molecule has 3 N–H and O–H groups in total. The van der Waals surface area contributed by atoms with Gasteiger partial charge in [-0.3, -0.25) is 14.2 Å². The van der Waals surface area contributed by atoms with Gasteiger partial charge in [0, 0.05) is 19.5 Å². The van der Waals surface area contributed by atoms with Gasteiger partial charge < -0.3 is 10.4 Å². The Labute approximate surface area is 191 Å². The number of rotatable bonds is 8. The minimum absolute atomic E-state index is 0.000503. The van der Waals surface area contributed by atoms with Crippen LogP contribution in [0.3, 0.4) is 0 Å². The first-order valence-electron chi connectivity index (χ1n) is 10.4. The molecule has 0 saturated heterocycles. The summed E-state index contributed by atoms with van der Waals surface area (Å²) in [6.07, 6.45) is 2.20. The van der Waals surface area contributed by atoms with Gasteiger partial charge in [-0.15, -0.1) is 0 Å². The molecule has 1 amide bonds. The fraction of sp³-hybridized carbons (Fsp3) is 0.261. The van der Waals surface area contributed by atoms with Crippen molar-refractivity contribution in [2.75, 3.05) is 4.72 Å². The Morgan fingerprint density at radius 1 is 1.15 bits per heavy atom. The van der Waals surface area contributed by atoms with Crippen molar-refractivity contribution in [3.05, 3.63) is 76.6 Å². The van der Waals surface area contributed by atoms with Crippen molar-refractivity contribution in [2.24, 2.45) is 7.05 Å². The molecule has 1 aliphatic rings. The molecule has 1 fully saturated rings. The Hall–Kier alpha value is -3.66. The van der Waals surface area contributed by atoms with Gasteiger partial charge >= 0.3 is 5.97 Å². The number of aromatic nitrogens is 2. The molecule has 4 rings (SSSR count). The highest BCUT2D eigenvalue weighted by atomic mass is 32.2. The normalized spacial score (nSPS) is 13.5. The Morgan fingerprint density at radius 2 is 1.85 bits per heavy atom. The summed E-state index contributed by atoms with van der Waals surface area (Å²) in [5.74, 6) is -0.932. The average Bonchev–Trinajstić information content (AvgIpc) is 3.56. The van der Waals surface area contributed by atoms with Crippen molar-refractivity contribution in [1.82, 2.24) is 15.1 Å². The van der Waals surface area contributed by atoms with Gasteiger partial charge in [-0.25, -0.2) is 13.2 Å². The number of anilines is 1. The molecule has 3 aromatic rings. The third kappa shape index (κ3) is 4.90. The zero-order chi connectivity index (χ0) is 23.8. The van der Waals surface area contributed by atoms with E-state index in [0.29, 0.717) is 22.9 Å². The van der Waals surface area contributed by atoms with Crippen molar-refractivity contribution in [1.29, 1.82) is 0 Å². The van der Waals surface area contributed by atoms with Gasteiger partial charge in [0.1, 0.15) is 5.69 Å². The molecule has 0 bridgehead atoms. The predicted octanol–water partition coefficient (Wildman–Crippen LogP) is 3.03. The van der Waals surface area contributed by atoms with E-state index in [1.165, 1.54) is 24.3 Å². The van der Waals surface area contributed by atoms with Crippen LogP contribution in [-0.2, 0) is 23.6 Å². The average molecular weight is 469 g/mol. The van der Waals surface area contributed by atoms with Crippen LogP contribution < -0.4 is 10.0 Å². The summed E-state index contributed by atoms with van der Waals surface area (Å²) in [5.41, 5.74) is 3.23. The third-order valence-corrected chi connectivity index (χ3v) is 7.05. The topological polar surface area (TPSA) is 130 Å². The van der Waals surface area contributed by atoms with E-state index in [1.807, 2.05) is 12.1 Å². The Morgan fingerprint density at radius 3 is 2.48 bits per heavy atom. The van der Waals surface area contributed by atoms with Crippen LogP contribution in [0.1, 0.15) is 56.4 Å². The van der Waals surface area contributed by atoms with Crippen LogP contribution >= 0.6 is 0 Å². The van der Waals surface area contributed by atoms with Crippen molar-refractivity contribution >= 4 is 27.6 Å². The van der Waals surface area contributed by atoms with Crippen molar-refractivity contribution in [2.45, 2.75) is 37.1 Å². The number of hydrogen-bond acceptors (Lipinski definition) is 5. The summed E-state index contributed by atoms with van der Waals surface area (Å²) >= 11 is 0. The molecule has 0 unspecified atom stereocenters. The number of nitrogens with zero attached hydrogens (tertiary/aromatic N) is 2. The summed E-state index contributed by atoms with van der Waals surface area (Å²) in [7, 11) is -2.18. The largest absolute Gasteiger partial charge is 0.478 e. The second-order valence-electron chi connectivity index (χ2n) is 8.06. The highest BCUT2D eigenvalue weighted by Crippen LogP contribution is 2.39. The number of carboxylic acids is 1. The summed E-state index contributed by atoms with van der Waals surface area (Å²) in [6, 6.07) is 11.9. The summed E-state index contributed by atoms with van der Waals surface area (Å²) in [4.78, 5) is 23.6. The lowest BCUT2D eigenvalue weighted by Crippen LogP contribution is -2.25. The first-order valence-corrected chi connectivity index (χ1v) is 11.9. The van der Waals surface area contributed by atoms with Crippen LogP contribution in [0.5, 0.6) is 0 Å². The molecule has 0 radical (unpaired) electrons. The molecule has 2 aromatic carbocycles. The molecule has 33 heavy (non-hydrogen) atoms. The van der Waals surface area contributed by atoms with Crippen molar-refractivity contribution in [3.8, 4) is 0 Å². The maximum atomic E-state index is 12.8. The fourth-order valence-electron chi connectivity index (χ4n) is 3.51. The zero-order valence-corrected chi connectivity index (χ0v) is 19.0. The number of aryl methyl sites for hydroxylation is 1. The van der Waals surface area contributed by atoms with E-state index in [2.05, 4.69) is 15.1 Å². The van der Waals surface area contributed by atoms with Crippen molar-refractivity contribution < 1.29 is 23.1 Å². The lowest BCUT2D eigenvalue weighted by atomic mass is 10.1. The molecule has 0 aliphatic heterocycles. The number of amides is 1. The van der Waals surface area contributed by atoms with Crippen LogP contribution in [0.4, 0.5) is 5.69 Å². The molecule has 0 atom stereocenters. The molecular formula is C23H24N4O5S. The van der Waals surface area contributed by atoms with Gasteiger partial charge in [0.25, 0.3) is 15.9 Å². The molecule has 172 valence electrons. The van der Waals surface area contributed by atoms with E-state index in [1.54, 1.807) is 30.8 Å². The van der Waals surface area contributed by atoms with Gasteiger partial charge in [-0.05, 0) is 67.3 Å². The number of carboxylic acid groups (broad SMARTS) is 1. The monoisotopic (exact) mass is 468 g/mol. The van der Waals surface area contributed by atoms with Gasteiger partial charge in [0.2, 0.25) is 0 Å². The minimum Gasteiger partial charge on any atom is -0.478 e. The summed E-state index contributed by atoms with van der Waals surface area (Å²) < 4.78 is 29.6. The van der Waals surface area contributed by atoms with E-state index in [4.69, 9.17) is 5.11 Å². The van der Waals surface area contributed by atoms with Crippen LogP contribution in [0.15, 0.2) is 53.4 Å². The Kier molecular flexibility index (Phi) is 5.94. The molecule has 1 heterocycles. The second kappa shape index (κ2) is 8.70. The first kappa shape index (κ1) is 22.5. The molecule has 1 aliphatic carbocycles. The number of benzene rings is 2. The van der Waals surface area contributed by atoms with E-state index in [-0.39, 0.29) is 22.9 Å². The van der Waals surface area contributed by atoms with Crippen molar-refractivity contribution in [3.63, 3.8) is 0 Å². The fourth-order valence-corrected chi connectivity index (χ4v) is 4.64. The molecular weight excluding hydrogens is 444 g/mol. The quantitative estimate of drug-likeness (QED) is 0.466. The van der Waals surface area contributed by atoms with Gasteiger partial charge in [0.05, 0.1) is 21.8 Å². The Bertz CT molecular complexity index is 1330. The number of aromatic carboxylic acids is 1. The standard InChI is InChI=1S/C23H24N4O5S/c1-14-17(13-24-22(28)21-12-20(15-6-7-15)25-27(21)2)4-3-5-19(14)26-33(31,32)18-10-8-16(9-11-18)23(29)30/h3-5,8-12,15,26H,6-7,13H2,1-2H3,(H,24,28)(H,29,30). The van der Waals surface area contributed by atoms with E-state index in [0.717, 1.165) is 24.1 Å². The summed E-state index contributed by atoms with van der Waals surface area (Å²) in [6.45, 7) is 1.99. The van der Waals surface area contributed by atoms with Gasteiger partial charge in [-0.1, -0.05) is 12.1 Å². The number of hydrogen-bond donors (Lipinski definition) is 3. The maximum Gasteiger partial charge on any atom is 0.335 e.